The first kappa shape index (κ1) is 31.4. The normalized spacial score (nSPS) is 12.1. The zero-order valence-corrected chi connectivity index (χ0v) is 31.2. The molecule has 0 bridgehead atoms. The van der Waals surface area contributed by atoms with Crippen molar-refractivity contribution in [2.24, 2.45) is 0 Å². The molecule has 0 N–H and O–H groups in total. The largest absolute Gasteiger partial charge is 0.456 e. The molecule has 0 saturated carbocycles. The predicted octanol–water partition coefficient (Wildman–Crippen LogP) is 15.0. The van der Waals surface area contributed by atoms with Crippen LogP contribution in [0.5, 0.6) is 0 Å². The van der Waals surface area contributed by atoms with Gasteiger partial charge in [-0.25, -0.2) is 0 Å². The molecule has 0 amide bonds. The van der Waals surface area contributed by atoms with Gasteiger partial charge in [0.25, 0.3) is 0 Å². The quantitative estimate of drug-likeness (QED) is 0.180. The second-order valence-electron chi connectivity index (χ2n) is 15.3. The molecule has 0 unspecified atom stereocenters. The van der Waals surface area contributed by atoms with Crippen LogP contribution in [0.1, 0.15) is 0 Å². The van der Waals surface area contributed by atoms with Gasteiger partial charge in [0.2, 0.25) is 0 Å². The molecule has 0 radical (unpaired) electrons. The lowest BCUT2D eigenvalue weighted by Gasteiger charge is -2.10. The molecule has 270 valence electrons. The van der Waals surface area contributed by atoms with E-state index in [4.69, 9.17) is 8.83 Å². The number of para-hydroxylation sites is 4. The Morgan fingerprint density at radius 1 is 0.276 bits per heavy atom. The molecule has 0 atom stereocenters. The van der Waals surface area contributed by atoms with Gasteiger partial charge in [-0.15, -0.1) is 0 Å². The molecule has 0 aliphatic heterocycles. The van der Waals surface area contributed by atoms with E-state index in [1.165, 1.54) is 49.2 Å². The van der Waals surface area contributed by atoms with E-state index in [9.17, 15) is 0 Å². The summed E-state index contributed by atoms with van der Waals surface area (Å²) in [6, 6.07) is 69.7. The number of nitrogens with zero attached hydrogens (tertiary/aromatic N) is 2. The Morgan fingerprint density at radius 3 is 1.57 bits per heavy atom. The van der Waals surface area contributed by atoms with Gasteiger partial charge >= 0.3 is 0 Å². The third-order valence-corrected chi connectivity index (χ3v) is 12.1. The van der Waals surface area contributed by atoms with Gasteiger partial charge in [-0.3, -0.25) is 0 Å². The van der Waals surface area contributed by atoms with Crippen LogP contribution >= 0.6 is 0 Å². The van der Waals surface area contributed by atoms with E-state index >= 15 is 0 Å². The minimum Gasteiger partial charge on any atom is -0.456 e. The highest BCUT2D eigenvalue weighted by Gasteiger charge is 2.19. The second-order valence-corrected chi connectivity index (χ2v) is 15.3. The average molecular weight is 741 g/mol. The summed E-state index contributed by atoms with van der Waals surface area (Å²) in [7, 11) is 0. The van der Waals surface area contributed by atoms with Gasteiger partial charge in [-0.2, -0.15) is 0 Å². The van der Waals surface area contributed by atoms with Crippen molar-refractivity contribution in [1.82, 2.24) is 9.13 Å². The maximum absolute atomic E-state index is 6.44. The van der Waals surface area contributed by atoms with Gasteiger partial charge in [0, 0.05) is 54.5 Å². The fourth-order valence-corrected chi connectivity index (χ4v) is 9.52. The van der Waals surface area contributed by atoms with Crippen LogP contribution in [0.15, 0.2) is 203 Å². The number of rotatable bonds is 4. The van der Waals surface area contributed by atoms with E-state index in [1.807, 2.05) is 12.1 Å². The first-order valence-corrected chi connectivity index (χ1v) is 19.7. The van der Waals surface area contributed by atoms with Gasteiger partial charge in [0.05, 0.1) is 22.1 Å². The first-order chi connectivity index (χ1) is 28.7. The van der Waals surface area contributed by atoms with E-state index in [-0.39, 0.29) is 0 Å². The molecule has 13 rings (SSSR count). The van der Waals surface area contributed by atoms with Crippen LogP contribution in [0, 0.1) is 0 Å². The maximum Gasteiger partial charge on any atom is 0.135 e. The zero-order chi connectivity index (χ0) is 37.9. The average Bonchev–Trinajstić information content (AvgIpc) is 4.03. The molecule has 0 aliphatic rings. The van der Waals surface area contributed by atoms with Crippen molar-refractivity contribution < 1.29 is 8.83 Å². The van der Waals surface area contributed by atoms with Crippen molar-refractivity contribution in [2.75, 3.05) is 0 Å². The number of fused-ring (bicyclic) bond motifs is 12. The predicted molar refractivity (Wildman–Crippen MR) is 241 cm³/mol. The molecule has 4 aromatic heterocycles. The molecule has 0 saturated heterocycles. The summed E-state index contributed by atoms with van der Waals surface area (Å²) in [5, 5.41) is 9.39. The molecular weight excluding hydrogens is 709 g/mol. The molecule has 13 aromatic rings. The third-order valence-electron chi connectivity index (χ3n) is 12.1. The fraction of sp³-hybridized carbons (Fsp3) is 0. The molecule has 4 nitrogen and oxygen atoms in total. The second kappa shape index (κ2) is 11.8. The molecular formula is C54H32N2O2. The van der Waals surface area contributed by atoms with E-state index < -0.39 is 0 Å². The number of aromatic nitrogens is 2. The number of furan rings is 2. The van der Waals surface area contributed by atoms with Gasteiger partial charge in [0.15, 0.2) is 0 Å². The van der Waals surface area contributed by atoms with Crippen LogP contribution in [0.4, 0.5) is 0 Å². The minimum atomic E-state index is 0.873. The van der Waals surface area contributed by atoms with Gasteiger partial charge in [-0.05, 0) is 113 Å². The Kier molecular flexibility index (Phi) is 6.41. The molecule has 9 aromatic carbocycles. The van der Waals surface area contributed by atoms with Crippen molar-refractivity contribution >= 4 is 87.5 Å². The maximum atomic E-state index is 6.44. The minimum absolute atomic E-state index is 0.873. The summed E-state index contributed by atoms with van der Waals surface area (Å²) in [5.41, 5.74) is 15.3. The van der Waals surface area contributed by atoms with Crippen LogP contribution in [-0.4, -0.2) is 9.13 Å². The SMILES string of the molecule is c1ccc(-n2c3ccccc3c3c(-c4ccc5c(c4)c4ccccc4n5-c4ccc5oc6ccc(-c7ccc8oc9ccccc9c8c7)cc6c5c4)cccc32)cc1. The van der Waals surface area contributed by atoms with E-state index in [0.29, 0.717) is 0 Å². The molecule has 4 heteroatoms. The van der Waals surface area contributed by atoms with Crippen LogP contribution in [0.3, 0.4) is 0 Å². The Bertz CT molecular complexity index is 3800. The van der Waals surface area contributed by atoms with Crippen LogP contribution in [-0.2, 0) is 0 Å². The van der Waals surface area contributed by atoms with E-state index in [2.05, 4.69) is 191 Å². The molecule has 4 heterocycles. The molecule has 0 fully saturated rings. The summed E-state index contributed by atoms with van der Waals surface area (Å²) < 4.78 is 17.4. The smallest absolute Gasteiger partial charge is 0.135 e. The summed E-state index contributed by atoms with van der Waals surface area (Å²) in [6.07, 6.45) is 0. The van der Waals surface area contributed by atoms with Crippen molar-refractivity contribution in [2.45, 2.75) is 0 Å². The third kappa shape index (κ3) is 4.45. The fourth-order valence-electron chi connectivity index (χ4n) is 9.52. The van der Waals surface area contributed by atoms with Gasteiger partial charge in [0.1, 0.15) is 22.3 Å². The van der Waals surface area contributed by atoms with Gasteiger partial charge in [-0.1, -0.05) is 103 Å². The monoisotopic (exact) mass is 740 g/mol. The summed E-state index contributed by atoms with van der Waals surface area (Å²) in [5.74, 6) is 0. The van der Waals surface area contributed by atoms with Crippen LogP contribution in [0.25, 0.3) is 121 Å². The van der Waals surface area contributed by atoms with Crippen molar-refractivity contribution in [1.29, 1.82) is 0 Å². The highest BCUT2D eigenvalue weighted by atomic mass is 16.3. The lowest BCUT2D eigenvalue weighted by Crippen LogP contribution is -1.93. The Hall–Kier alpha value is -7.82. The topological polar surface area (TPSA) is 36.1 Å². The van der Waals surface area contributed by atoms with E-state index in [1.54, 1.807) is 0 Å². The Balaban J connectivity index is 0.976. The number of hydrogen-bond acceptors (Lipinski definition) is 2. The highest BCUT2D eigenvalue weighted by molar-refractivity contribution is 6.18. The van der Waals surface area contributed by atoms with Gasteiger partial charge < -0.3 is 18.0 Å². The standard InChI is InChI=1S/C54H32N2O2/c1-2-11-36(12-3-1)55-47-18-8-5-15-41(47)54-38(16-10-19-49(54)55)35-21-25-48-42(31-35)39-13-4-7-17-46(39)56(48)37-24-28-53-45(32-37)44-30-34(23-27-52(44)58-53)33-22-26-51-43(29-33)40-14-6-9-20-50(40)57-51/h1-32H. The Labute approximate surface area is 332 Å². The number of benzene rings is 9. The summed E-state index contributed by atoms with van der Waals surface area (Å²) in [6.45, 7) is 0. The lowest BCUT2D eigenvalue weighted by molar-refractivity contribution is 0.668. The lowest BCUT2D eigenvalue weighted by atomic mass is 9.98. The summed E-state index contributed by atoms with van der Waals surface area (Å²) in [4.78, 5) is 0. The first-order valence-electron chi connectivity index (χ1n) is 19.7. The van der Waals surface area contributed by atoms with Crippen LogP contribution < -0.4 is 0 Å². The van der Waals surface area contributed by atoms with E-state index in [0.717, 1.165) is 71.9 Å². The number of hydrogen-bond donors (Lipinski definition) is 0. The van der Waals surface area contributed by atoms with Crippen molar-refractivity contribution in [3.63, 3.8) is 0 Å². The summed E-state index contributed by atoms with van der Waals surface area (Å²) >= 11 is 0. The molecule has 0 spiro atoms. The zero-order valence-electron chi connectivity index (χ0n) is 31.2. The Morgan fingerprint density at radius 2 is 0.793 bits per heavy atom. The highest BCUT2D eigenvalue weighted by Crippen LogP contribution is 2.42. The van der Waals surface area contributed by atoms with Crippen molar-refractivity contribution in [3.8, 4) is 33.6 Å². The van der Waals surface area contributed by atoms with Crippen LogP contribution in [0.2, 0.25) is 0 Å². The molecule has 58 heavy (non-hydrogen) atoms. The molecule has 0 aliphatic carbocycles. The van der Waals surface area contributed by atoms with Crippen molar-refractivity contribution in [3.05, 3.63) is 194 Å².